The molecule has 7 rings (SSSR count). The average molecular weight is 749 g/mol. The summed E-state index contributed by atoms with van der Waals surface area (Å²) in [5.74, 6) is 7.81. The number of carbonyl (C=O) groups is 4. The number of nitrogens with zero attached hydrogens (tertiary/aromatic N) is 4. The van der Waals surface area contributed by atoms with Crippen LogP contribution in [-0.4, -0.2) is 90.6 Å². The Balaban J connectivity index is 1.04. The van der Waals surface area contributed by atoms with Crippen molar-refractivity contribution < 1.29 is 29.0 Å². The van der Waals surface area contributed by atoms with Crippen molar-refractivity contribution >= 4 is 34.8 Å². The number of methoxy groups -OCH3 is 1. The monoisotopic (exact) mass is 748 g/mol. The Morgan fingerprint density at radius 1 is 0.855 bits per heavy atom. The number of imidazole rings is 2. The maximum Gasteiger partial charge on any atom is 0.407 e. The van der Waals surface area contributed by atoms with Crippen molar-refractivity contribution in [1.29, 1.82) is 0 Å². The van der Waals surface area contributed by atoms with Crippen LogP contribution in [0.15, 0.2) is 48.8 Å². The van der Waals surface area contributed by atoms with Gasteiger partial charge in [0, 0.05) is 23.7 Å². The van der Waals surface area contributed by atoms with Crippen LogP contribution in [0, 0.1) is 35.5 Å². The standard InChI is InChI=1S/C41H48N8O6/c1-21(2)34(46-40(52)53)38(50)48-20-23(5)13-32(48)36-43-19-30(45-36)27-11-10-25-14-24(7-9-26(25)15-27)8-12-29-18-42-37(44-29)33-17-28-16-31(28)49(33)39(51)35(22(3)4)47-41(54)55-6/h7,9-11,14-15,18-19,21-23,28,31-35,46H,13,16-17,20H2,1-6H3,(H,42,44)(H,43,45)(H,47,54)(H,52,53)/t23-,28-,31+,32-,33-,34-,35-/m0/s1. The molecule has 7 atom stereocenters. The van der Waals surface area contributed by atoms with E-state index in [0.717, 1.165) is 46.9 Å². The molecule has 2 aromatic heterocycles. The van der Waals surface area contributed by atoms with Gasteiger partial charge in [-0.2, -0.15) is 0 Å². The molecule has 0 bridgehead atoms. The first-order chi connectivity index (χ1) is 26.3. The number of nitrogens with one attached hydrogen (secondary N) is 4. The van der Waals surface area contributed by atoms with Crippen LogP contribution in [0.2, 0.25) is 0 Å². The molecule has 14 heteroatoms. The molecule has 2 saturated heterocycles. The number of aromatic nitrogens is 4. The van der Waals surface area contributed by atoms with Gasteiger partial charge in [-0.25, -0.2) is 19.6 Å². The van der Waals surface area contributed by atoms with E-state index >= 15 is 0 Å². The summed E-state index contributed by atoms with van der Waals surface area (Å²) in [6.45, 7) is 10.1. The first kappa shape index (κ1) is 37.5. The van der Waals surface area contributed by atoms with Crippen LogP contribution in [0.1, 0.15) is 88.9 Å². The second-order valence-corrected chi connectivity index (χ2v) is 15.8. The predicted molar refractivity (Wildman–Crippen MR) is 204 cm³/mol. The molecule has 1 saturated carbocycles. The van der Waals surface area contributed by atoms with E-state index in [4.69, 9.17) is 4.74 Å². The maximum atomic E-state index is 13.7. The maximum absolute atomic E-state index is 13.7. The second-order valence-electron chi connectivity index (χ2n) is 15.8. The summed E-state index contributed by atoms with van der Waals surface area (Å²) in [7, 11) is 1.29. The highest BCUT2D eigenvalue weighted by molar-refractivity contribution is 5.89. The Morgan fingerprint density at radius 3 is 2.27 bits per heavy atom. The normalized spacial score (nSPS) is 22.6. The second kappa shape index (κ2) is 15.1. The van der Waals surface area contributed by atoms with E-state index in [0.29, 0.717) is 29.8 Å². The van der Waals surface area contributed by atoms with Gasteiger partial charge in [-0.1, -0.05) is 58.7 Å². The Bertz CT molecular complexity index is 2180. The summed E-state index contributed by atoms with van der Waals surface area (Å²) in [5, 5.41) is 16.5. The van der Waals surface area contributed by atoms with Crippen molar-refractivity contribution in [3.8, 4) is 23.1 Å². The molecule has 1 aliphatic carbocycles. The van der Waals surface area contributed by atoms with Gasteiger partial charge in [0.05, 0.1) is 37.3 Å². The number of ether oxygens (including phenoxy) is 1. The molecule has 4 amide bonds. The number of aromatic amines is 2. The zero-order chi connectivity index (χ0) is 39.1. The van der Waals surface area contributed by atoms with Gasteiger partial charge in [-0.3, -0.25) is 9.59 Å². The largest absolute Gasteiger partial charge is 0.465 e. The van der Waals surface area contributed by atoms with Crippen molar-refractivity contribution in [2.24, 2.45) is 23.7 Å². The number of rotatable bonds is 9. The minimum atomic E-state index is -1.22. The Labute approximate surface area is 319 Å². The lowest BCUT2D eigenvalue weighted by Gasteiger charge is -2.31. The minimum Gasteiger partial charge on any atom is -0.465 e. The van der Waals surface area contributed by atoms with Gasteiger partial charge in [0.25, 0.3) is 0 Å². The van der Waals surface area contributed by atoms with Crippen LogP contribution < -0.4 is 10.6 Å². The summed E-state index contributed by atoms with van der Waals surface area (Å²) in [6, 6.07) is 10.3. The van der Waals surface area contributed by atoms with Crippen molar-refractivity contribution in [1.82, 2.24) is 40.4 Å². The summed E-state index contributed by atoms with van der Waals surface area (Å²) in [4.78, 5) is 70.3. The van der Waals surface area contributed by atoms with Crippen molar-refractivity contribution in [2.75, 3.05) is 13.7 Å². The molecule has 4 aromatic rings. The number of likely N-dealkylation sites (tertiary alicyclic amines) is 2. The van der Waals surface area contributed by atoms with Crippen molar-refractivity contribution in [3.05, 3.63) is 71.7 Å². The number of H-pyrrole nitrogens is 2. The fraction of sp³-hybridized carbons (Fsp3) is 0.463. The molecule has 2 aromatic carbocycles. The molecule has 3 aliphatic rings. The molecule has 5 N–H and O–H groups in total. The molecular weight excluding hydrogens is 701 g/mol. The van der Waals surface area contributed by atoms with Crippen LogP contribution in [0.4, 0.5) is 9.59 Å². The van der Waals surface area contributed by atoms with E-state index in [1.54, 1.807) is 17.3 Å². The van der Waals surface area contributed by atoms with Crippen LogP contribution >= 0.6 is 0 Å². The first-order valence-corrected chi connectivity index (χ1v) is 18.9. The number of amides is 4. The third kappa shape index (κ3) is 7.74. The lowest BCUT2D eigenvalue weighted by molar-refractivity contribution is -0.137. The van der Waals surface area contributed by atoms with Gasteiger partial charge in [-0.05, 0) is 77.8 Å². The van der Waals surface area contributed by atoms with E-state index in [-0.39, 0.29) is 47.7 Å². The highest BCUT2D eigenvalue weighted by atomic mass is 16.5. The highest BCUT2D eigenvalue weighted by Crippen LogP contribution is 2.53. The fourth-order valence-electron chi connectivity index (χ4n) is 8.10. The average Bonchev–Trinajstić information content (AvgIpc) is 3.63. The molecule has 0 unspecified atom stereocenters. The molecule has 55 heavy (non-hydrogen) atoms. The fourth-order valence-corrected chi connectivity index (χ4v) is 8.10. The van der Waals surface area contributed by atoms with Gasteiger partial charge in [0.1, 0.15) is 29.4 Å². The Kier molecular flexibility index (Phi) is 10.3. The molecule has 0 radical (unpaired) electrons. The minimum absolute atomic E-state index is 0.111. The van der Waals surface area contributed by atoms with E-state index in [1.807, 2.05) is 62.9 Å². The van der Waals surface area contributed by atoms with Gasteiger partial charge in [-0.15, -0.1) is 0 Å². The summed E-state index contributed by atoms with van der Waals surface area (Å²) >= 11 is 0. The number of carboxylic acid groups (broad SMARTS) is 1. The molecule has 0 spiro atoms. The molecule has 14 nitrogen and oxygen atoms in total. The SMILES string of the molecule is COC(=O)N[C@H](C(=O)N1[C@@H]2C[C@H]2C[C@H]1c1ncc(C#Cc2ccc3cc(-c4cnc([C@@H]5C[C@H](C)CN5C(=O)[C@@H](NC(=O)O)C(C)C)[nH]4)ccc3c2)[nH]1)C(C)C. The van der Waals surface area contributed by atoms with Crippen LogP contribution in [0.3, 0.4) is 0 Å². The summed E-state index contributed by atoms with van der Waals surface area (Å²) < 4.78 is 4.77. The Hall–Kier alpha value is -5.84. The number of alkyl carbamates (subject to hydrolysis) is 1. The van der Waals surface area contributed by atoms with Crippen molar-refractivity contribution in [2.45, 2.75) is 84.1 Å². The number of fused-ring (bicyclic) bond motifs is 2. The third-order valence-electron chi connectivity index (χ3n) is 11.1. The molecule has 3 fully saturated rings. The van der Waals surface area contributed by atoms with Gasteiger partial charge in [0.15, 0.2) is 0 Å². The quantitative estimate of drug-likeness (QED) is 0.137. The number of piperidine rings is 1. The third-order valence-corrected chi connectivity index (χ3v) is 11.1. The van der Waals surface area contributed by atoms with Crippen LogP contribution in [0.25, 0.3) is 22.0 Å². The highest BCUT2D eigenvalue weighted by Gasteiger charge is 2.56. The molecule has 2 aliphatic heterocycles. The van der Waals surface area contributed by atoms with E-state index in [1.165, 1.54) is 7.11 Å². The lowest BCUT2D eigenvalue weighted by Crippen LogP contribution is -2.52. The smallest absolute Gasteiger partial charge is 0.407 e. The van der Waals surface area contributed by atoms with E-state index < -0.39 is 24.3 Å². The Morgan fingerprint density at radius 2 is 1.55 bits per heavy atom. The number of benzene rings is 2. The summed E-state index contributed by atoms with van der Waals surface area (Å²) in [6.07, 6.45) is 4.14. The van der Waals surface area contributed by atoms with Crippen LogP contribution in [-0.2, 0) is 14.3 Å². The lowest BCUT2D eigenvalue weighted by atomic mass is 10.0. The number of carbonyl (C=O) groups excluding carboxylic acids is 3. The molecule has 288 valence electrons. The van der Waals surface area contributed by atoms with Crippen LogP contribution in [0.5, 0.6) is 0 Å². The zero-order valence-electron chi connectivity index (χ0n) is 31.9. The van der Waals surface area contributed by atoms with Crippen molar-refractivity contribution in [3.63, 3.8) is 0 Å². The van der Waals surface area contributed by atoms with Gasteiger partial charge in [0.2, 0.25) is 11.8 Å². The van der Waals surface area contributed by atoms with E-state index in [9.17, 15) is 24.3 Å². The predicted octanol–water partition coefficient (Wildman–Crippen LogP) is 5.60. The van der Waals surface area contributed by atoms with Gasteiger partial charge < -0.3 is 40.2 Å². The number of hydrogen-bond donors (Lipinski definition) is 5. The molecular formula is C41H48N8O6. The van der Waals surface area contributed by atoms with Gasteiger partial charge >= 0.3 is 12.2 Å². The first-order valence-electron chi connectivity index (χ1n) is 18.9. The summed E-state index contributed by atoms with van der Waals surface area (Å²) in [5.41, 5.74) is 3.26. The zero-order valence-corrected chi connectivity index (χ0v) is 31.9. The topological polar surface area (TPSA) is 186 Å². The number of hydrogen-bond acceptors (Lipinski definition) is 7. The van der Waals surface area contributed by atoms with E-state index in [2.05, 4.69) is 55.4 Å². The molecule has 4 heterocycles.